The lowest BCUT2D eigenvalue weighted by atomic mass is 9.80. The summed E-state index contributed by atoms with van der Waals surface area (Å²) in [6, 6.07) is 13.9. The molecule has 5 heteroatoms. The minimum absolute atomic E-state index is 0.599. The van der Waals surface area contributed by atoms with Crippen molar-refractivity contribution in [3.8, 4) is 11.1 Å². The first kappa shape index (κ1) is 19.6. The minimum Gasteiger partial charge on any atom is -0.385 e. The highest BCUT2D eigenvalue weighted by Crippen LogP contribution is 2.37. The van der Waals surface area contributed by atoms with Crippen molar-refractivity contribution >= 4 is 16.6 Å². The Morgan fingerprint density at radius 1 is 0.969 bits per heavy atom. The van der Waals surface area contributed by atoms with E-state index in [1.807, 2.05) is 12.4 Å². The summed E-state index contributed by atoms with van der Waals surface area (Å²) in [5.41, 5.74) is 6.15. The molecule has 2 fully saturated rings. The fraction of sp³-hybridized carbons (Fsp3) is 0.407. The third kappa shape index (κ3) is 3.92. The van der Waals surface area contributed by atoms with Crippen LogP contribution in [0.2, 0.25) is 0 Å². The Labute approximate surface area is 189 Å². The standard InChI is InChI=1S/C27H31N5/c1-31-12-11-22-14-26(29-17-27(22)31)20-7-5-19(6-8-20)15-28-24-4-2-3-21(13-24)23-16-30-32(18-23)25-9-10-25/h2-4,11-14,16-20,25,28H,5-10,15H2,1H3. The van der Waals surface area contributed by atoms with Gasteiger partial charge in [-0.25, -0.2) is 0 Å². The molecule has 0 bridgehead atoms. The van der Waals surface area contributed by atoms with Crippen LogP contribution in [-0.2, 0) is 7.05 Å². The van der Waals surface area contributed by atoms with Gasteiger partial charge >= 0.3 is 0 Å². The largest absolute Gasteiger partial charge is 0.385 e. The summed E-state index contributed by atoms with van der Waals surface area (Å²) in [6.07, 6.45) is 15.9. The third-order valence-corrected chi connectivity index (χ3v) is 7.37. The topological polar surface area (TPSA) is 47.7 Å². The molecule has 1 N–H and O–H groups in total. The molecule has 0 atom stereocenters. The van der Waals surface area contributed by atoms with Crippen molar-refractivity contribution in [2.45, 2.75) is 50.5 Å². The molecule has 2 aliphatic rings. The quantitative estimate of drug-likeness (QED) is 0.403. The van der Waals surface area contributed by atoms with Crippen molar-refractivity contribution < 1.29 is 0 Å². The summed E-state index contributed by atoms with van der Waals surface area (Å²) < 4.78 is 4.27. The molecule has 1 aromatic carbocycles. The lowest BCUT2D eigenvalue weighted by molar-refractivity contribution is 0.335. The van der Waals surface area contributed by atoms with Crippen molar-refractivity contribution in [1.29, 1.82) is 0 Å². The maximum absolute atomic E-state index is 4.79. The Balaban J connectivity index is 1.05. The van der Waals surface area contributed by atoms with Gasteiger partial charge in [-0.15, -0.1) is 0 Å². The van der Waals surface area contributed by atoms with Crippen molar-refractivity contribution in [3.05, 3.63) is 66.9 Å². The predicted octanol–water partition coefficient (Wildman–Crippen LogP) is 6.16. The van der Waals surface area contributed by atoms with Crippen LogP contribution >= 0.6 is 0 Å². The van der Waals surface area contributed by atoms with Crippen LogP contribution in [0.15, 0.2) is 61.2 Å². The lowest BCUT2D eigenvalue weighted by Crippen LogP contribution is -2.21. The number of anilines is 1. The van der Waals surface area contributed by atoms with E-state index >= 15 is 0 Å². The smallest absolute Gasteiger partial charge is 0.0664 e. The fourth-order valence-corrected chi connectivity index (χ4v) is 5.16. The molecule has 6 rings (SSSR count). The Morgan fingerprint density at radius 2 is 1.84 bits per heavy atom. The number of hydrogen-bond donors (Lipinski definition) is 1. The van der Waals surface area contributed by atoms with Gasteiger partial charge < -0.3 is 9.88 Å². The normalized spacial score (nSPS) is 21.2. The summed E-state index contributed by atoms with van der Waals surface area (Å²) in [6.45, 7) is 1.04. The van der Waals surface area contributed by atoms with E-state index in [0.29, 0.717) is 12.0 Å². The number of hydrogen-bond acceptors (Lipinski definition) is 3. The number of nitrogens with zero attached hydrogens (tertiary/aromatic N) is 4. The minimum atomic E-state index is 0.599. The highest BCUT2D eigenvalue weighted by molar-refractivity contribution is 5.79. The summed E-state index contributed by atoms with van der Waals surface area (Å²) >= 11 is 0. The first-order chi connectivity index (χ1) is 15.7. The molecule has 0 radical (unpaired) electrons. The molecule has 164 valence electrons. The summed E-state index contributed by atoms with van der Waals surface area (Å²) in [4.78, 5) is 4.79. The zero-order chi connectivity index (χ0) is 21.5. The van der Waals surface area contributed by atoms with Crippen molar-refractivity contribution in [2.24, 2.45) is 13.0 Å². The average molecular weight is 426 g/mol. The number of rotatable bonds is 6. The molecule has 32 heavy (non-hydrogen) atoms. The number of pyridine rings is 1. The number of aromatic nitrogens is 4. The second kappa shape index (κ2) is 8.12. The molecule has 0 amide bonds. The van der Waals surface area contributed by atoms with Crippen LogP contribution in [0.3, 0.4) is 0 Å². The van der Waals surface area contributed by atoms with Gasteiger partial charge in [0.05, 0.1) is 24.0 Å². The second-order valence-corrected chi connectivity index (χ2v) is 9.71. The van der Waals surface area contributed by atoms with E-state index in [9.17, 15) is 0 Å². The maximum atomic E-state index is 4.79. The van der Waals surface area contributed by atoms with Gasteiger partial charge in [0.2, 0.25) is 0 Å². The molecule has 0 spiro atoms. The molecular weight excluding hydrogens is 394 g/mol. The molecule has 2 aliphatic carbocycles. The van der Waals surface area contributed by atoms with E-state index in [0.717, 1.165) is 12.5 Å². The van der Waals surface area contributed by atoms with Crippen molar-refractivity contribution in [1.82, 2.24) is 19.3 Å². The highest BCUT2D eigenvalue weighted by Gasteiger charge is 2.25. The van der Waals surface area contributed by atoms with E-state index in [-0.39, 0.29) is 0 Å². The highest BCUT2D eigenvalue weighted by atomic mass is 15.3. The first-order valence-electron chi connectivity index (χ1n) is 12.0. The second-order valence-electron chi connectivity index (χ2n) is 9.71. The van der Waals surface area contributed by atoms with Crippen LogP contribution in [-0.4, -0.2) is 25.9 Å². The average Bonchev–Trinajstić information content (AvgIpc) is 3.45. The SMILES string of the molecule is Cn1ccc2cc(C3CCC(CNc4cccc(-c5cnn(C6CC6)c5)c4)CC3)ncc21. The van der Waals surface area contributed by atoms with E-state index in [2.05, 4.69) is 75.5 Å². The molecular formula is C27H31N5. The van der Waals surface area contributed by atoms with Crippen LogP contribution in [0, 0.1) is 5.92 Å². The number of aryl methyl sites for hydroxylation is 1. The van der Waals surface area contributed by atoms with Gasteiger partial charge in [0.25, 0.3) is 0 Å². The van der Waals surface area contributed by atoms with E-state index in [1.165, 1.54) is 71.9 Å². The zero-order valence-corrected chi connectivity index (χ0v) is 18.7. The molecule has 0 aliphatic heterocycles. The van der Waals surface area contributed by atoms with Gasteiger partial charge in [-0.05, 0) is 74.3 Å². The summed E-state index contributed by atoms with van der Waals surface area (Å²) in [7, 11) is 2.08. The molecule has 5 nitrogen and oxygen atoms in total. The fourth-order valence-electron chi connectivity index (χ4n) is 5.16. The molecule has 2 saturated carbocycles. The summed E-state index contributed by atoms with van der Waals surface area (Å²) in [5.74, 6) is 1.33. The first-order valence-corrected chi connectivity index (χ1v) is 12.0. The van der Waals surface area contributed by atoms with Gasteiger partial charge in [0.15, 0.2) is 0 Å². The predicted molar refractivity (Wildman–Crippen MR) is 130 cm³/mol. The molecule has 4 aromatic rings. The Hall–Kier alpha value is -3.08. The number of nitrogens with one attached hydrogen (secondary N) is 1. The van der Waals surface area contributed by atoms with Crippen LogP contribution in [0.1, 0.15) is 56.2 Å². The summed E-state index contributed by atoms with van der Waals surface area (Å²) in [5, 5.41) is 9.56. The third-order valence-electron chi connectivity index (χ3n) is 7.37. The number of benzene rings is 1. The molecule has 0 saturated heterocycles. The monoisotopic (exact) mass is 425 g/mol. The van der Waals surface area contributed by atoms with E-state index in [1.54, 1.807) is 0 Å². The van der Waals surface area contributed by atoms with Crippen molar-refractivity contribution in [3.63, 3.8) is 0 Å². The van der Waals surface area contributed by atoms with Gasteiger partial charge in [-0.3, -0.25) is 9.67 Å². The molecule has 0 unspecified atom stereocenters. The van der Waals surface area contributed by atoms with Crippen LogP contribution < -0.4 is 5.32 Å². The van der Waals surface area contributed by atoms with Gasteiger partial charge in [0, 0.05) is 54.2 Å². The van der Waals surface area contributed by atoms with Crippen LogP contribution in [0.5, 0.6) is 0 Å². The van der Waals surface area contributed by atoms with Gasteiger partial charge in [-0.2, -0.15) is 5.10 Å². The van der Waals surface area contributed by atoms with Crippen LogP contribution in [0.4, 0.5) is 5.69 Å². The lowest BCUT2D eigenvalue weighted by Gasteiger charge is -2.28. The van der Waals surface area contributed by atoms with Gasteiger partial charge in [-0.1, -0.05) is 12.1 Å². The zero-order valence-electron chi connectivity index (χ0n) is 18.7. The Morgan fingerprint density at radius 3 is 2.69 bits per heavy atom. The van der Waals surface area contributed by atoms with E-state index in [4.69, 9.17) is 4.98 Å². The molecule has 3 heterocycles. The van der Waals surface area contributed by atoms with Gasteiger partial charge in [0.1, 0.15) is 0 Å². The Bertz CT molecular complexity index is 1220. The number of fused-ring (bicyclic) bond motifs is 1. The maximum Gasteiger partial charge on any atom is 0.0664 e. The van der Waals surface area contributed by atoms with Crippen LogP contribution in [0.25, 0.3) is 22.0 Å². The van der Waals surface area contributed by atoms with E-state index < -0.39 is 0 Å². The molecule has 3 aromatic heterocycles. The van der Waals surface area contributed by atoms with Crippen molar-refractivity contribution in [2.75, 3.05) is 11.9 Å². The Kier molecular flexibility index (Phi) is 4.97.